The third kappa shape index (κ3) is 5.55. The molecule has 1 unspecified atom stereocenters. The van der Waals surface area contributed by atoms with Gasteiger partial charge in [0, 0.05) is 16.0 Å². The maximum atomic E-state index is 13.3. The first-order valence-corrected chi connectivity index (χ1v) is 9.99. The quantitative estimate of drug-likeness (QED) is 0.301. The molecule has 0 radical (unpaired) electrons. The molecule has 0 aliphatic rings. The lowest BCUT2D eigenvalue weighted by molar-refractivity contribution is -0.137. The third-order valence-corrected chi connectivity index (χ3v) is 5.63. The first kappa shape index (κ1) is 23.3. The van der Waals surface area contributed by atoms with E-state index in [-0.39, 0.29) is 22.3 Å². The van der Waals surface area contributed by atoms with E-state index in [1.54, 1.807) is 32.9 Å². The molecule has 4 nitrogen and oxygen atoms in total. The summed E-state index contributed by atoms with van der Waals surface area (Å²) in [6.07, 6.45) is -3.34. The number of hydrogen-bond acceptors (Lipinski definition) is 5. The van der Waals surface area contributed by atoms with E-state index in [4.69, 9.17) is 4.74 Å². The molecule has 0 N–H and O–H groups in total. The molecule has 0 fully saturated rings. The lowest BCUT2D eigenvalue weighted by atomic mass is 9.93. The van der Waals surface area contributed by atoms with E-state index in [0.29, 0.717) is 4.90 Å². The van der Waals surface area contributed by atoms with Gasteiger partial charge >= 0.3 is 12.1 Å². The highest BCUT2D eigenvalue weighted by atomic mass is 32.2. The molecular weight excluding hydrogens is 423 g/mol. The molecule has 2 aromatic carbocycles. The Kier molecular flexibility index (Phi) is 7.08. The van der Waals surface area contributed by atoms with Gasteiger partial charge in [0.05, 0.1) is 24.5 Å². The first-order chi connectivity index (χ1) is 13.4. The number of rotatable bonds is 4. The third-order valence-electron chi connectivity index (χ3n) is 3.91. The molecule has 156 valence electrons. The Morgan fingerprint density at radius 1 is 1.21 bits per heavy atom. The maximum Gasteiger partial charge on any atom is 0.416 e. The van der Waals surface area contributed by atoms with Gasteiger partial charge in [-0.2, -0.15) is 13.2 Å². The number of benzene rings is 2. The molecule has 2 aromatic rings. The molecule has 9 heteroatoms. The first-order valence-electron chi connectivity index (χ1n) is 8.44. The Bertz CT molecular complexity index is 938. The van der Waals surface area contributed by atoms with Crippen LogP contribution in [0.4, 0.5) is 13.2 Å². The highest BCUT2D eigenvalue weighted by Crippen LogP contribution is 2.37. The fraction of sp³-hybridized carbons (Fsp3) is 0.300. The fourth-order valence-electron chi connectivity index (χ4n) is 2.43. The molecule has 0 saturated carbocycles. The second-order valence-electron chi connectivity index (χ2n) is 7.09. The molecule has 0 saturated heterocycles. The van der Waals surface area contributed by atoms with E-state index in [1.807, 2.05) is 0 Å². The van der Waals surface area contributed by atoms with E-state index in [0.717, 1.165) is 12.1 Å². The standard InChI is InChI=1S/C20H20F3NO3S2/c1-19(2,3)29(26)24-11-12-8-9-13(20(21,22)23)10-15(12)17-14(18(25)27-4)6-5-7-16(17)28/h5-11,28H,1-4H3/b24-11+. The molecule has 2 rings (SSSR count). The minimum atomic E-state index is -4.59. The predicted octanol–water partition coefficient (Wildman–Crippen LogP) is 5.33. The van der Waals surface area contributed by atoms with Crippen LogP contribution in [-0.2, 0) is 22.3 Å². The minimum Gasteiger partial charge on any atom is -0.591 e. The Morgan fingerprint density at radius 3 is 2.41 bits per heavy atom. The van der Waals surface area contributed by atoms with Crippen LogP contribution in [0.1, 0.15) is 42.3 Å². The summed E-state index contributed by atoms with van der Waals surface area (Å²) in [6, 6.07) is 7.60. The van der Waals surface area contributed by atoms with Gasteiger partial charge in [0.25, 0.3) is 0 Å². The van der Waals surface area contributed by atoms with Gasteiger partial charge in [0.1, 0.15) is 16.1 Å². The van der Waals surface area contributed by atoms with E-state index in [9.17, 15) is 22.5 Å². The summed E-state index contributed by atoms with van der Waals surface area (Å²) in [7, 11) is 1.18. The van der Waals surface area contributed by atoms with Gasteiger partial charge in [-0.3, -0.25) is 0 Å². The second kappa shape index (κ2) is 8.81. The molecule has 0 spiro atoms. The summed E-state index contributed by atoms with van der Waals surface area (Å²) in [5.74, 6) is -0.713. The molecular formula is C20H20F3NO3S2. The number of methoxy groups -OCH3 is 1. The molecule has 0 bridgehead atoms. The van der Waals surface area contributed by atoms with Crippen LogP contribution in [0.3, 0.4) is 0 Å². The van der Waals surface area contributed by atoms with Crippen LogP contribution < -0.4 is 0 Å². The Hall–Kier alpha value is -1.97. The molecule has 0 aromatic heterocycles. The van der Waals surface area contributed by atoms with Crippen LogP contribution >= 0.6 is 12.6 Å². The van der Waals surface area contributed by atoms with E-state index in [2.05, 4.69) is 17.0 Å². The molecule has 29 heavy (non-hydrogen) atoms. The van der Waals surface area contributed by atoms with Crippen molar-refractivity contribution in [3.63, 3.8) is 0 Å². The van der Waals surface area contributed by atoms with Crippen LogP contribution in [0.25, 0.3) is 11.1 Å². The maximum absolute atomic E-state index is 13.3. The number of thiol groups is 1. The summed E-state index contributed by atoms with van der Waals surface area (Å²) >= 11 is 2.72. The van der Waals surface area contributed by atoms with Gasteiger partial charge in [-0.1, -0.05) is 16.5 Å². The average molecular weight is 444 g/mol. The van der Waals surface area contributed by atoms with Gasteiger partial charge in [0.15, 0.2) is 0 Å². The molecule has 0 aliphatic carbocycles. The van der Waals surface area contributed by atoms with Gasteiger partial charge in [-0.25, -0.2) is 4.79 Å². The van der Waals surface area contributed by atoms with Crippen molar-refractivity contribution in [3.05, 3.63) is 53.1 Å². The summed E-state index contributed by atoms with van der Waals surface area (Å²) in [5, 5.41) is 0. The average Bonchev–Trinajstić information content (AvgIpc) is 2.63. The van der Waals surface area contributed by atoms with Crippen molar-refractivity contribution >= 4 is 36.2 Å². The smallest absolute Gasteiger partial charge is 0.416 e. The zero-order valence-electron chi connectivity index (χ0n) is 16.2. The fourth-order valence-corrected chi connectivity index (χ4v) is 3.28. The normalized spacial score (nSPS) is 13.6. The Labute approximate surface area is 175 Å². The minimum absolute atomic E-state index is 0.0610. The monoisotopic (exact) mass is 443 g/mol. The number of esters is 1. The lowest BCUT2D eigenvalue weighted by Gasteiger charge is -2.18. The summed E-state index contributed by atoms with van der Waals surface area (Å²) in [5.41, 5.74) is -0.306. The molecule has 0 heterocycles. The van der Waals surface area contributed by atoms with Crippen molar-refractivity contribution in [1.29, 1.82) is 0 Å². The van der Waals surface area contributed by atoms with E-state index >= 15 is 0 Å². The van der Waals surface area contributed by atoms with Crippen molar-refractivity contribution in [1.82, 2.24) is 0 Å². The van der Waals surface area contributed by atoms with Gasteiger partial charge in [-0.15, -0.1) is 12.6 Å². The topological polar surface area (TPSA) is 61.7 Å². The van der Waals surface area contributed by atoms with Crippen molar-refractivity contribution in [2.24, 2.45) is 4.40 Å². The second-order valence-corrected chi connectivity index (χ2v) is 9.50. The van der Waals surface area contributed by atoms with Crippen LogP contribution in [0, 0.1) is 0 Å². The number of hydrogen-bond donors (Lipinski definition) is 1. The number of ether oxygens (including phenoxy) is 1. The zero-order chi connectivity index (χ0) is 22.0. The summed E-state index contributed by atoms with van der Waals surface area (Å²) in [6.45, 7) is 5.19. The summed E-state index contributed by atoms with van der Waals surface area (Å²) in [4.78, 5) is 12.5. The SMILES string of the molecule is COC(=O)c1cccc(S)c1-c1cc(C(F)(F)F)ccc1/C=N/[S+]([O-])C(C)(C)C. The Morgan fingerprint density at radius 2 is 1.86 bits per heavy atom. The van der Waals surface area contributed by atoms with Crippen LogP contribution in [0.15, 0.2) is 45.7 Å². The van der Waals surface area contributed by atoms with Gasteiger partial charge in [0.2, 0.25) is 0 Å². The van der Waals surface area contributed by atoms with Crippen LogP contribution in [0.2, 0.25) is 0 Å². The van der Waals surface area contributed by atoms with Crippen molar-refractivity contribution in [2.75, 3.05) is 7.11 Å². The van der Waals surface area contributed by atoms with Gasteiger partial charge in [-0.05, 0) is 50.6 Å². The summed E-state index contributed by atoms with van der Waals surface area (Å²) < 4.78 is 60.3. The molecule has 0 amide bonds. The van der Waals surface area contributed by atoms with Gasteiger partial charge < -0.3 is 9.29 Å². The number of carbonyl (C=O) groups is 1. The van der Waals surface area contributed by atoms with Crippen molar-refractivity contribution in [3.8, 4) is 11.1 Å². The largest absolute Gasteiger partial charge is 0.591 e. The number of carbonyl (C=O) groups excluding carboxylic acids is 1. The van der Waals surface area contributed by atoms with Crippen LogP contribution in [0.5, 0.6) is 0 Å². The highest BCUT2D eigenvalue weighted by molar-refractivity contribution is 7.91. The highest BCUT2D eigenvalue weighted by Gasteiger charge is 2.32. The van der Waals surface area contributed by atoms with Crippen molar-refractivity contribution < 1.29 is 27.3 Å². The zero-order valence-corrected chi connectivity index (χ0v) is 17.9. The number of halogens is 3. The predicted molar refractivity (Wildman–Crippen MR) is 111 cm³/mol. The Balaban J connectivity index is 2.75. The van der Waals surface area contributed by atoms with E-state index < -0.39 is 33.8 Å². The molecule has 0 aliphatic heterocycles. The van der Waals surface area contributed by atoms with E-state index in [1.165, 1.54) is 25.5 Å². The number of nitrogens with zero attached hydrogens (tertiary/aromatic N) is 1. The van der Waals surface area contributed by atoms with Crippen LogP contribution in [-0.4, -0.2) is 28.6 Å². The molecule has 1 atom stereocenters. The number of alkyl halides is 3. The van der Waals surface area contributed by atoms with Crippen molar-refractivity contribution in [2.45, 2.75) is 36.6 Å². The lowest BCUT2D eigenvalue weighted by Crippen LogP contribution is -2.25.